The Morgan fingerprint density at radius 1 is 1.20 bits per heavy atom. The van der Waals surface area contributed by atoms with E-state index in [1.54, 1.807) is 7.11 Å². The van der Waals surface area contributed by atoms with Crippen LogP contribution in [-0.4, -0.2) is 68.1 Å². The van der Waals surface area contributed by atoms with Crippen molar-refractivity contribution >= 4 is 5.91 Å². The van der Waals surface area contributed by atoms with E-state index in [0.29, 0.717) is 26.0 Å². The van der Waals surface area contributed by atoms with Gasteiger partial charge in [-0.05, 0) is 45.2 Å². The number of hydrogen-bond acceptors (Lipinski definition) is 5. The highest BCUT2D eigenvalue weighted by molar-refractivity contribution is 5.75. The first kappa shape index (κ1) is 23.9. The number of carbonyl (C=O) groups excluding carboxylic acids is 1. The van der Waals surface area contributed by atoms with E-state index in [9.17, 15) is 9.90 Å². The van der Waals surface area contributed by atoms with E-state index in [2.05, 4.69) is 30.4 Å². The number of hydrogen-bond donors (Lipinski definition) is 3. The SMILES string of the molecule is COCC(CO)CCCCN(C)/C=C(\C)CCCC(=O)NCCCO. The third-order valence-electron chi connectivity index (χ3n) is 4.11. The van der Waals surface area contributed by atoms with Crippen LogP contribution in [0.25, 0.3) is 0 Å². The molecular formula is C19H38N2O4. The molecule has 0 rings (SSSR count). The summed E-state index contributed by atoms with van der Waals surface area (Å²) in [6.07, 6.45) is 8.22. The molecule has 0 aliphatic carbocycles. The van der Waals surface area contributed by atoms with Crippen LogP contribution in [0, 0.1) is 5.92 Å². The molecule has 0 spiro atoms. The van der Waals surface area contributed by atoms with Gasteiger partial charge in [0, 0.05) is 52.8 Å². The maximum Gasteiger partial charge on any atom is 0.220 e. The summed E-state index contributed by atoms with van der Waals surface area (Å²) in [4.78, 5) is 13.8. The van der Waals surface area contributed by atoms with E-state index in [1.165, 1.54) is 5.57 Å². The maximum absolute atomic E-state index is 11.6. The average Bonchev–Trinajstić information content (AvgIpc) is 2.57. The number of nitrogens with zero attached hydrogens (tertiary/aromatic N) is 1. The molecule has 1 atom stereocenters. The van der Waals surface area contributed by atoms with Gasteiger partial charge in [0.05, 0.1) is 6.61 Å². The van der Waals surface area contributed by atoms with Crippen LogP contribution in [0.2, 0.25) is 0 Å². The van der Waals surface area contributed by atoms with Crippen LogP contribution in [0.4, 0.5) is 0 Å². The molecular weight excluding hydrogens is 320 g/mol. The zero-order chi connectivity index (χ0) is 18.9. The van der Waals surface area contributed by atoms with Gasteiger partial charge in [-0.2, -0.15) is 0 Å². The Bertz CT molecular complexity index is 361. The van der Waals surface area contributed by atoms with Crippen LogP contribution in [0.3, 0.4) is 0 Å². The van der Waals surface area contributed by atoms with Crippen LogP contribution in [0.15, 0.2) is 11.8 Å². The smallest absolute Gasteiger partial charge is 0.220 e. The van der Waals surface area contributed by atoms with Gasteiger partial charge in [-0.15, -0.1) is 0 Å². The van der Waals surface area contributed by atoms with Gasteiger partial charge >= 0.3 is 0 Å². The van der Waals surface area contributed by atoms with Crippen LogP contribution < -0.4 is 5.32 Å². The molecule has 148 valence electrons. The molecule has 0 fully saturated rings. The Balaban J connectivity index is 3.79. The lowest BCUT2D eigenvalue weighted by atomic mass is 10.0. The second kappa shape index (κ2) is 16.4. The summed E-state index contributed by atoms with van der Waals surface area (Å²) < 4.78 is 5.09. The summed E-state index contributed by atoms with van der Waals surface area (Å²) in [5, 5.41) is 20.7. The van der Waals surface area contributed by atoms with Crippen molar-refractivity contribution in [3.8, 4) is 0 Å². The van der Waals surface area contributed by atoms with E-state index in [-0.39, 0.29) is 25.0 Å². The lowest BCUT2D eigenvalue weighted by Gasteiger charge is -2.17. The molecule has 0 aromatic heterocycles. The normalized spacial score (nSPS) is 12.9. The summed E-state index contributed by atoms with van der Waals surface area (Å²) in [7, 11) is 3.74. The van der Waals surface area contributed by atoms with Crippen LogP contribution in [0.1, 0.15) is 51.9 Å². The van der Waals surface area contributed by atoms with Gasteiger partial charge in [0.1, 0.15) is 0 Å². The van der Waals surface area contributed by atoms with Gasteiger partial charge < -0.3 is 25.2 Å². The predicted molar refractivity (Wildman–Crippen MR) is 101 cm³/mol. The lowest BCUT2D eigenvalue weighted by molar-refractivity contribution is -0.121. The summed E-state index contributed by atoms with van der Waals surface area (Å²) in [6.45, 7) is 4.57. The maximum atomic E-state index is 11.6. The fourth-order valence-electron chi connectivity index (χ4n) is 2.69. The van der Waals surface area contributed by atoms with Crippen molar-refractivity contribution in [2.24, 2.45) is 5.92 Å². The molecule has 0 heterocycles. The minimum absolute atomic E-state index is 0.0594. The minimum Gasteiger partial charge on any atom is -0.396 e. The van der Waals surface area contributed by atoms with Crippen molar-refractivity contribution in [1.29, 1.82) is 0 Å². The number of ether oxygens (including phenoxy) is 1. The van der Waals surface area contributed by atoms with Crippen LogP contribution >= 0.6 is 0 Å². The second-order valence-corrected chi connectivity index (χ2v) is 6.74. The number of carbonyl (C=O) groups is 1. The largest absolute Gasteiger partial charge is 0.396 e. The molecule has 6 heteroatoms. The Hall–Kier alpha value is -1.11. The molecule has 1 amide bonds. The van der Waals surface area contributed by atoms with Gasteiger partial charge in [-0.1, -0.05) is 12.0 Å². The Labute approximate surface area is 153 Å². The molecule has 0 aromatic rings. The van der Waals surface area contributed by atoms with Gasteiger partial charge in [0.25, 0.3) is 0 Å². The molecule has 0 aliphatic heterocycles. The molecule has 25 heavy (non-hydrogen) atoms. The first-order valence-electron chi connectivity index (χ1n) is 9.38. The van der Waals surface area contributed by atoms with Crippen molar-refractivity contribution in [2.45, 2.75) is 51.9 Å². The van der Waals surface area contributed by atoms with Gasteiger partial charge in [-0.25, -0.2) is 0 Å². The molecule has 3 N–H and O–H groups in total. The Kier molecular flexibility index (Phi) is 15.6. The molecule has 0 bridgehead atoms. The predicted octanol–water partition coefficient (Wildman–Crippen LogP) is 1.92. The Morgan fingerprint density at radius 2 is 1.96 bits per heavy atom. The summed E-state index contributed by atoms with van der Waals surface area (Å²) in [5.41, 5.74) is 1.28. The van der Waals surface area contributed by atoms with E-state index < -0.39 is 0 Å². The van der Waals surface area contributed by atoms with E-state index in [4.69, 9.17) is 9.84 Å². The number of aliphatic hydroxyl groups is 2. The summed E-state index contributed by atoms with van der Waals surface area (Å²) >= 11 is 0. The highest BCUT2D eigenvalue weighted by Gasteiger charge is 2.06. The average molecular weight is 359 g/mol. The van der Waals surface area contributed by atoms with Gasteiger partial charge in [0.15, 0.2) is 0 Å². The third-order valence-corrected chi connectivity index (χ3v) is 4.11. The molecule has 0 radical (unpaired) electrons. The molecule has 0 saturated heterocycles. The van der Waals surface area contributed by atoms with Crippen molar-refractivity contribution in [2.75, 3.05) is 47.1 Å². The zero-order valence-electron chi connectivity index (χ0n) is 16.3. The summed E-state index contributed by atoms with van der Waals surface area (Å²) in [6, 6.07) is 0. The number of allylic oxidation sites excluding steroid dienone is 1. The fourth-order valence-corrected chi connectivity index (χ4v) is 2.69. The quantitative estimate of drug-likeness (QED) is 0.367. The van der Waals surface area contributed by atoms with E-state index in [1.807, 2.05) is 0 Å². The molecule has 0 saturated carbocycles. The zero-order valence-corrected chi connectivity index (χ0v) is 16.3. The molecule has 6 nitrogen and oxygen atoms in total. The van der Waals surface area contributed by atoms with Crippen molar-refractivity contribution in [3.63, 3.8) is 0 Å². The van der Waals surface area contributed by atoms with E-state index >= 15 is 0 Å². The molecule has 1 unspecified atom stereocenters. The van der Waals surface area contributed by atoms with Crippen molar-refractivity contribution < 1.29 is 19.7 Å². The van der Waals surface area contributed by atoms with Crippen LogP contribution in [-0.2, 0) is 9.53 Å². The van der Waals surface area contributed by atoms with Gasteiger partial charge in [0.2, 0.25) is 5.91 Å². The first-order valence-corrected chi connectivity index (χ1v) is 9.38. The first-order chi connectivity index (χ1) is 12.0. The second-order valence-electron chi connectivity index (χ2n) is 6.74. The highest BCUT2D eigenvalue weighted by Crippen LogP contribution is 2.11. The van der Waals surface area contributed by atoms with Crippen molar-refractivity contribution in [3.05, 3.63) is 11.8 Å². The number of unbranched alkanes of at least 4 members (excludes halogenated alkanes) is 1. The lowest BCUT2D eigenvalue weighted by Crippen LogP contribution is -2.24. The number of amides is 1. The molecule has 0 aromatic carbocycles. The number of aliphatic hydroxyl groups excluding tert-OH is 2. The summed E-state index contributed by atoms with van der Waals surface area (Å²) in [5.74, 6) is 0.306. The van der Waals surface area contributed by atoms with E-state index in [0.717, 1.165) is 38.6 Å². The third kappa shape index (κ3) is 14.9. The Morgan fingerprint density at radius 3 is 2.60 bits per heavy atom. The van der Waals surface area contributed by atoms with Gasteiger partial charge in [-0.3, -0.25) is 4.79 Å². The number of rotatable bonds is 16. The minimum atomic E-state index is 0.0594. The standard InChI is InChI=1S/C19H38N2O4/c1-17(8-6-10-19(24)20-11-7-13-22)14-21(2)12-5-4-9-18(15-23)16-25-3/h14,18,22-23H,4-13,15-16H2,1-3H3,(H,20,24)/b17-14+. The fraction of sp³-hybridized carbons (Fsp3) is 0.842. The monoisotopic (exact) mass is 358 g/mol. The number of nitrogens with one attached hydrogen (secondary N) is 1. The van der Waals surface area contributed by atoms with Crippen molar-refractivity contribution in [1.82, 2.24) is 10.2 Å². The number of methoxy groups -OCH3 is 1. The molecule has 0 aliphatic rings. The topological polar surface area (TPSA) is 82.0 Å². The highest BCUT2D eigenvalue weighted by atomic mass is 16.5. The van der Waals surface area contributed by atoms with Crippen LogP contribution in [0.5, 0.6) is 0 Å².